The quantitative estimate of drug-likeness (QED) is 0.865. The van der Waals surface area contributed by atoms with E-state index >= 15 is 0 Å². The van der Waals surface area contributed by atoms with Crippen molar-refractivity contribution in [2.75, 3.05) is 7.05 Å². The van der Waals surface area contributed by atoms with Gasteiger partial charge in [0.05, 0.1) is 6.04 Å². The van der Waals surface area contributed by atoms with Crippen LogP contribution in [0.3, 0.4) is 0 Å². The van der Waals surface area contributed by atoms with Gasteiger partial charge in [-0.05, 0) is 43.9 Å². The van der Waals surface area contributed by atoms with Crippen LogP contribution in [0.1, 0.15) is 50.7 Å². The number of carbonyl (C=O) groups is 1. The van der Waals surface area contributed by atoms with E-state index in [2.05, 4.69) is 48.3 Å². The molecule has 1 fully saturated rings. The molecular weight excluding hydrogens is 248 g/mol. The monoisotopic (exact) mass is 274 g/mol. The van der Waals surface area contributed by atoms with E-state index in [1.807, 2.05) is 14.0 Å². The highest BCUT2D eigenvalue weighted by molar-refractivity contribution is 5.81. The summed E-state index contributed by atoms with van der Waals surface area (Å²) >= 11 is 0. The molecule has 110 valence electrons. The van der Waals surface area contributed by atoms with Gasteiger partial charge < -0.3 is 5.32 Å². The Bertz CT molecular complexity index is 449. The van der Waals surface area contributed by atoms with Gasteiger partial charge in [-0.25, -0.2) is 0 Å². The average Bonchev–Trinajstić information content (AvgIpc) is 3.22. The van der Waals surface area contributed by atoms with Crippen molar-refractivity contribution in [2.24, 2.45) is 0 Å². The van der Waals surface area contributed by atoms with Crippen molar-refractivity contribution in [3.05, 3.63) is 35.4 Å². The maximum Gasteiger partial charge on any atom is 0.237 e. The number of likely N-dealkylation sites (N-methyl/N-ethyl adjacent to an activating group) is 1. The third-order valence-electron chi connectivity index (χ3n) is 4.04. The predicted molar refractivity (Wildman–Crippen MR) is 82.6 cm³/mol. The third-order valence-corrected chi connectivity index (χ3v) is 4.04. The third kappa shape index (κ3) is 4.07. The highest BCUT2D eigenvalue weighted by Gasteiger charge is 2.27. The summed E-state index contributed by atoms with van der Waals surface area (Å²) < 4.78 is 0. The van der Waals surface area contributed by atoms with E-state index < -0.39 is 0 Å². The standard InChI is InChI=1S/C17H26N2O/c1-12(2)15-7-5-14(6-8-15)11-19(4)13(3)17(20)18-16-9-10-16/h5-8,12-13,16H,9-11H2,1-4H3,(H,18,20)/t13-/m0/s1. The Balaban J connectivity index is 1.88. The smallest absolute Gasteiger partial charge is 0.237 e. The van der Waals surface area contributed by atoms with Gasteiger partial charge in [0.15, 0.2) is 0 Å². The van der Waals surface area contributed by atoms with Crippen LogP contribution in [0, 0.1) is 0 Å². The second-order valence-electron chi connectivity index (χ2n) is 6.27. The van der Waals surface area contributed by atoms with Crippen LogP contribution in [0.5, 0.6) is 0 Å². The molecule has 0 heterocycles. The summed E-state index contributed by atoms with van der Waals surface area (Å²) in [6, 6.07) is 9.05. The first kappa shape index (κ1) is 15.0. The predicted octanol–water partition coefficient (Wildman–Crippen LogP) is 2.91. The Kier molecular flexibility index (Phi) is 4.81. The molecule has 0 spiro atoms. The van der Waals surface area contributed by atoms with Gasteiger partial charge in [0, 0.05) is 12.6 Å². The molecule has 0 bridgehead atoms. The van der Waals surface area contributed by atoms with Crippen LogP contribution in [0.2, 0.25) is 0 Å². The molecule has 1 saturated carbocycles. The molecule has 1 N–H and O–H groups in total. The maximum atomic E-state index is 12.0. The van der Waals surface area contributed by atoms with Gasteiger partial charge in [-0.15, -0.1) is 0 Å². The molecule has 1 aromatic carbocycles. The zero-order chi connectivity index (χ0) is 14.7. The molecule has 1 aromatic rings. The highest BCUT2D eigenvalue weighted by atomic mass is 16.2. The van der Waals surface area contributed by atoms with Gasteiger partial charge in [-0.1, -0.05) is 38.1 Å². The molecule has 0 aromatic heterocycles. The molecule has 1 atom stereocenters. The molecule has 1 aliphatic rings. The molecule has 0 radical (unpaired) electrons. The summed E-state index contributed by atoms with van der Waals surface area (Å²) in [5.74, 6) is 0.707. The van der Waals surface area contributed by atoms with E-state index in [-0.39, 0.29) is 11.9 Å². The molecule has 1 amide bonds. The fourth-order valence-electron chi connectivity index (χ4n) is 2.18. The number of nitrogens with zero attached hydrogens (tertiary/aromatic N) is 1. The van der Waals surface area contributed by atoms with Crippen LogP contribution in [-0.4, -0.2) is 29.9 Å². The normalized spacial score (nSPS) is 16.5. The Morgan fingerprint density at radius 2 is 1.85 bits per heavy atom. The summed E-state index contributed by atoms with van der Waals surface area (Å²) in [6.07, 6.45) is 2.28. The summed E-state index contributed by atoms with van der Waals surface area (Å²) in [4.78, 5) is 14.1. The van der Waals surface area contributed by atoms with E-state index in [0.29, 0.717) is 12.0 Å². The summed E-state index contributed by atoms with van der Waals surface area (Å²) in [5, 5.41) is 3.06. The Labute approximate surface area is 122 Å². The van der Waals surface area contributed by atoms with Crippen molar-refractivity contribution in [1.82, 2.24) is 10.2 Å². The summed E-state index contributed by atoms with van der Waals surface area (Å²) in [6.45, 7) is 7.18. The van der Waals surface area contributed by atoms with Gasteiger partial charge in [0.1, 0.15) is 0 Å². The minimum atomic E-state index is -0.0830. The Morgan fingerprint density at radius 3 is 2.35 bits per heavy atom. The lowest BCUT2D eigenvalue weighted by atomic mass is 10.0. The van der Waals surface area contributed by atoms with Crippen molar-refractivity contribution in [2.45, 2.75) is 58.2 Å². The topological polar surface area (TPSA) is 32.3 Å². The molecule has 3 nitrogen and oxygen atoms in total. The van der Waals surface area contributed by atoms with Gasteiger partial charge >= 0.3 is 0 Å². The molecule has 0 saturated heterocycles. The van der Waals surface area contributed by atoms with Crippen LogP contribution in [-0.2, 0) is 11.3 Å². The number of rotatable bonds is 6. The zero-order valence-corrected chi connectivity index (χ0v) is 13.0. The SMILES string of the molecule is CC(C)c1ccc(CN(C)[C@@H](C)C(=O)NC2CC2)cc1. The second-order valence-corrected chi connectivity index (χ2v) is 6.27. The highest BCUT2D eigenvalue weighted by Crippen LogP contribution is 2.19. The average molecular weight is 274 g/mol. The van der Waals surface area contributed by atoms with Crippen molar-refractivity contribution in [1.29, 1.82) is 0 Å². The molecule has 2 rings (SSSR count). The molecule has 3 heteroatoms. The molecule has 0 aliphatic heterocycles. The van der Waals surface area contributed by atoms with Crippen molar-refractivity contribution in [3.8, 4) is 0 Å². The number of benzene rings is 1. The lowest BCUT2D eigenvalue weighted by Crippen LogP contribution is -2.43. The maximum absolute atomic E-state index is 12.0. The van der Waals surface area contributed by atoms with Gasteiger partial charge in [0.25, 0.3) is 0 Å². The zero-order valence-electron chi connectivity index (χ0n) is 13.0. The number of hydrogen-bond donors (Lipinski definition) is 1. The van der Waals surface area contributed by atoms with Gasteiger partial charge in [0.2, 0.25) is 5.91 Å². The van der Waals surface area contributed by atoms with E-state index in [4.69, 9.17) is 0 Å². The van der Waals surface area contributed by atoms with Crippen LogP contribution >= 0.6 is 0 Å². The van der Waals surface area contributed by atoms with Crippen LogP contribution in [0.4, 0.5) is 0 Å². The van der Waals surface area contributed by atoms with E-state index in [1.54, 1.807) is 0 Å². The number of nitrogens with one attached hydrogen (secondary N) is 1. The van der Waals surface area contributed by atoms with Crippen molar-refractivity contribution >= 4 is 5.91 Å². The first-order chi connectivity index (χ1) is 9.47. The molecule has 1 aliphatic carbocycles. The summed E-state index contributed by atoms with van der Waals surface area (Å²) in [7, 11) is 2.01. The first-order valence-electron chi connectivity index (χ1n) is 7.57. The van der Waals surface area contributed by atoms with Crippen LogP contribution < -0.4 is 5.32 Å². The second kappa shape index (κ2) is 6.40. The molecule has 0 unspecified atom stereocenters. The number of carbonyl (C=O) groups excluding carboxylic acids is 1. The van der Waals surface area contributed by atoms with E-state index in [9.17, 15) is 4.79 Å². The molecule has 20 heavy (non-hydrogen) atoms. The Hall–Kier alpha value is -1.35. The van der Waals surface area contributed by atoms with E-state index in [1.165, 1.54) is 11.1 Å². The minimum Gasteiger partial charge on any atom is -0.352 e. The molecular formula is C17H26N2O. The van der Waals surface area contributed by atoms with Crippen molar-refractivity contribution < 1.29 is 4.79 Å². The lowest BCUT2D eigenvalue weighted by molar-refractivity contribution is -0.125. The fraction of sp³-hybridized carbons (Fsp3) is 0.588. The first-order valence-corrected chi connectivity index (χ1v) is 7.57. The van der Waals surface area contributed by atoms with Gasteiger partial charge in [-0.2, -0.15) is 0 Å². The fourth-order valence-corrected chi connectivity index (χ4v) is 2.18. The van der Waals surface area contributed by atoms with E-state index in [0.717, 1.165) is 19.4 Å². The minimum absolute atomic E-state index is 0.0830. The van der Waals surface area contributed by atoms with Gasteiger partial charge in [-0.3, -0.25) is 9.69 Å². The lowest BCUT2D eigenvalue weighted by Gasteiger charge is -2.24. The summed E-state index contributed by atoms with van der Waals surface area (Å²) in [5.41, 5.74) is 2.61. The van der Waals surface area contributed by atoms with Crippen LogP contribution in [0.15, 0.2) is 24.3 Å². The Morgan fingerprint density at radius 1 is 1.25 bits per heavy atom. The number of amides is 1. The van der Waals surface area contributed by atoms with Crippen molar-refractivity contribution in [3.63, 3.8) is 0 Å². The van der Waals surface area contributed by atoms with Crippen LogP contribution in [0.25, 0.3) is 0 Å². The largest absolute Gasteiger partial charge is 0.352 e. The number of hydrogen-bond acceptors (Lipinski definition) is 2.